The Morgan fingerprint density at radius 1 is 1.09 bits per heavy atom. The molecule has 0 spiro atoms. The highest BCUT2D eigenvalue weighted by atomic mass is 127. The number of hydrogen-bond acceptors (Lipinski definition) is 3. The van der Waals surface area contributed by atoms with E-state index < -0.39 is 12.1 Å². The first-order valence-electron chi connectivity index (χ1n) is 6.85. The van der Waals surface area contributed by atoms with Gasteiger partial charge < -0.3 is 10.1 Å². The van der Waals surface area contributed by atoms with E-state index in [1.807, 2.05) is 42.5 Å². The molecule has 4 nitrogen and oxygen atoms in total. The van der Waals surface area contributed by atoms with Crippen LogP contribution in [0.4, 0.5) is 0 Å². The largest absolute Gasteiger partial charge is 0.449 e. The van der Waals surface area contributed by atoms with Crippen molar-refractivity contribution in [3.63, 3.8) is 0 Å². The molecule has 1 N–H and O–H groups in total. The van der Waals surface area contributed by atoms with Gasteiger partial charge in [0.2, 0.25) is 0 Å². The van der Waals surface area contributed by atoms with Crippen molar-refractivity contribution in [3.05, 3.63) is 69.3 Å². The smallest absolute Gasteiger partial charge is 0.339 e. The van der Waals surface area contributed by atoms with E-state index in [0.717, 1.165) is 9.13 Å². The summed E-state index contributed by atoms with van der Waals surface area (Å²) in [7, 11) is 0. The maximum Gasteiger partial charge on any atom is 0.339 e. The second kappa shape index (κ2) is 7.93. The molecular formula is C17H16INO3. The van der Waals surface area contributed by atoms with Gasteiger partial charge in [0, 0.05) is 10.1 Å². The van der Waals surface area contributed by atoms with Crippen molar-refractivity contribution in [1.82, 2.24) is 5.32 Å². The van der Waals surface area contributed by atoms with E-state index in [2.05, 4.69) is 27.9 Å². The predicted molar refractivity (Wildman–Crippen MR) is 92.3 cm³/mol. The third-order valence-electron chi connectivity index (χ3n) is 3.06. The molecule has 0 saturated heterocycles. The van der Waals surface area contributed by atoms with E-state index >= 15 is 0 Å². The topological polar surface area (TPSA) is 55.4 Å². The first kappa shape index (κ1) is 16.5. The average molecular weight is 409 g/mol. The fraction of sp³-hybridized carbons (Fsp3) is 0.176. The van der Waals surface area contributed by atoms with Crippen molar-refractivity contribution in [3.8, 4) is 0 Å². The Bertz CT molecular complexity index is 658. The van der Waals surface area contributed by atoms with Gasteiger partial charge in [-0.25, -0.2) is 4.79 Å². The number of nitrogens with one attached hydrogen (secondary N) is 1. The maximum atomic E-state index is 12.0. The van der Waals surface area contributed by atoms with Crippen LogP contribution < -0.4 is 5.32 Å². The van der Waals surface area contributed by atoms with Crippen molar-refractivity contribution in [2.75, 3.05) is 0 Å². The first-order valence-corrected chi connectivity index (χ1v) is 7.93. The molecule has 0 heterocycles. The molecule has 1 atom stereocenters. The molecule has 2 rings (SSSR count). The Morgan fingerprint density at radius 3 is 2.41 bits per heavy atom. The standard InChI is InChI=1S/C17H16INO3/c1-12(16(20)19-11-13-7-3-2-4-8-13)22-17(21)14-9-5-6-10-15(14)18/h2-10,12H,11H2,1H3,(H,19,20). The third-order valence-corrected chi connectivity index (χ3v) is 4.00. The first-order chi connectivity index (χ1) is 10.6. The van der Waals surface area contributed by atoms with Gasteiger partial charge in [-0.2, -0.15) is 0 Å². The predicted octanol–water partition coefficient (Wildman–Crippen LogP) is 3.15. The molecule has 1 unspecified atom stereocenters. The lowest BCUT2D eigenvalue weighted by Crippen LogP contribution is -2.35. The highest BCUT2D eigenvalue weighted by Crippen LogP contribution is 2.13. The third kappa shape index (κ3) is 4.56. The molecule has 2 aromatic carbocycles. The molecule has 1 amide bonds. The minimum Gasteiger partial charge on any atom is -0.449 e. The number of carbonyl (C=O) groups is 2. The molecule has 22 heavy (non-hydrogen) atoms. The summed E-state index contributed by atoms with van der Waals surface area (Å²) >= 11 is 2.06. The SMILES string of the molecule is CC(OC(=O)c1ccccc1I)C(=O)NCc1ccccc1. The van der Waals surface area contributed by atoms with Crippen LogP contribution in [0.3, 0.4) is 0 Å². The summed E-state index contributed by atoms with van der Waals surface area (Å²) in [5.41, 5.74) is 1.46. The van der Waals surface area contributed by atoms with E-state index in [1.165, 1.54) is 0 Å². The molecule has 0 bridgehead atoms. The molecule has 0 fully saturated rings. The van der Waals surface area contributed by atoms with E-state index in [9.17, 15) is 9.59 Å². The second-order valence-electron chi connectivity index (χ2n) is 4.73. The van der Waals surface area contributed by atoms with Crippen LogP contribution in [0.2, 0.25) is 0 Å². The highest BCUT2D eigenvalue weighted by Gasteiger charge is 2.19. The molecular weight excluding hydrogens is 393 g/mol. The normalized spacial score (nSPS) is 11.5. The Balaban J connectivity index is 1.89. The zero-order chi connectivity index (χ0) is 15.9. The molecule has 0 aliphatic rings. The van der Waals surface area contributed by atoms with Crippen molar-refractivity contribution < 1.29 is 14.3 Å². The second-order valence-corrected chi connectivity index (χ2v) is 5.89. The van der Waals surface area contributed by atoms with Crippen molar-refractivity contribution in [2.45, 2.75) is 19.6 Å². The van der Waals surface area contributed by atoms with Crippen LogP contribution in [0.15, 0.2) is 54.6 Å². The zero-order valence-electron chi connectivity index (χ0n) is 12.1. The van der Waals surface area contributed by atoms with E-state index in [-0.39, 0.29) is 5.91 Å². The van der Waals surface area contributed by atoms with Gasteiger partial charge in [-0.15, -0.1) is 0 Å². The number of benzene rings is 2. The molecule has 0 radical (unpaired) electrons. The zero-order valence-corrected chi connectivity index (χ0v) is 14.2. The van der Waals surface area contributed by atoms with Gasteiger partial charge >= 0.3 is 5.97 Å². The van der Waals surface area contributed by atoms with Crippen LogP contribution >= 0.6 is 22.6 Å². The van der Waals surface area contributed by atoms with E-state index in [1.54, 1.807) is 19.1 Å². The van der Waals surface area contributed by atoms with Gasteiger partial charge in [-0.1, -0.05) is 42.5 Å². The quantitative estimate of drug-likeness (QED) is 0.610. The minimum atomic E-state index is -0.841. The van der Waals surface area contributed by atoms with Crippen LogP contribution in [-0.2, 0) is 16.1 Å². The lowest BCUT2D eigenvalue weighted by atomic mass is 10.2. The summed E-state index contributed by atoms with van der Waals surface area (Å²) in [5.74, 6) is -0.810. The molecule has 0 saturated carbocycles. The van der Waals surface area contributed by atoms with Gasteiger partial charge in [-0.3, -0.25) is 4.79 Å². The summed E-state index contributed by atoms with van der Waals surface area (Å²) in [6.07, 6.45) is -0.841. The fourth-order valence-electron chi connectivity index (χ4n) is 1.83. The van der Waals surface area contributed by atoms with Gasteiger partial charge in [0.25, 0.3) is 5.91 Å². The Morgan fingerprint density at radius 2 is 1.73 bits per heavy atom. The summed E-state index contributed by atoms with van der Waals surface area (Å²) in [5, 5.41) is 2.75. The van der Waals surface area contributed by atoms with Gasteiger partial charge in [0.1, 0.15) is 0 Å². The van der Waals surface area contributed by atoms with Crippen LogP contribution in [-0.4, -0.2) is 18.0 Å². The van der Waals surface area contributed by atoms with Crippen LogP contribution in [0.25, 0.3) is 0 Å². The van der Waals surface area contributed by atoms with Crippen LogP contribution in [0.1, 0.15) is 22.8 Å². The Labute approximate surface area is 143 Å². The summed E-state index contributed by atoms with van der Waals surface area (Å²) in [4.78, 5) is 24.0. The average Bonchev–Trinajstić information content (AvgIpc) is 2.53. The Kier molecular flexibility index (Phi) is 5.94. The molecule has 114 valence electrons. The van der Waals surface area contributed by atoms with Gasteiger partial charge in [0.05, 0.1) is 5.56 Å². The number of rotatable bonds is 5. The fourth-order valence-corrected chi connectivity index (χ4v) is 2.44. The van der Waals surface area contributed by atoms with Crippen LogP contribution in [0, 0.1) is 3.57 Å². The molecule has 2 aromatic rings. The summed E-state index contributed by atoms with van der Waals surface area (Å²) in [6, 6.07) is 16.7. The monoisotopic (exact) mass is 409 g/mol. The molecule has 0 aliphatic carbocycles. The minimum absolute atomic E-state index is 0.317. The van der Waals surface area contributed by atoms with Crippen molar-refractivity contribution in [1.29, 1.82) is 0 Å². The Hall–Kier alpha value is -1.89. The lowest BCUT2D eigenvalue weighted by Gasteiger charge is -2.14. The number of esters is 1. The number of ether oxygens (including phenoxy) is 1. The highest BCUT2D eigenvalue weighted by molar-refractivity contribution is 14.1. The molecule has 5 heteroatoms. The van der Waals surface area contributed by atoms with Crippen molar-refractivity contribution >= 4 is 34.5 Å². The maximum absolute atomic E-state index is 12.0. The van der Waals surface area contributed by atoms with Crippen molar-refractivity contribution in [2.24, 2.45) is 0 Å². The van der Waals surface area contributed by atoms with E-state index in [0.29, 0.717) is 12.1 Å². The van der Waals surface area contributed by atoms with Gasteiger partial charge in [0.15, 0.2) is 6.10 Å². The number of amides is 1. The van der Waals surface area contributed by atoms with E-state index in [4.69, 9.17) is 4.74 Å². The number of carbonyl (C=O) groups excluding carboxylic acids is 2. The summed E-state index contributed by atoms with van der Waals surface area (Å²) in [6.45, 7) is 1.97. The molecule has 0 aromatic heterocycles. The number of hydrogen-bond donors (Lipinski definition) is 1. The lowest BCUT2D eigenvalue weighted by molar-refractivity contribution is -0.129. The summed E-state index contributed by atoms with van der Waals surface area (Å²) < 4.78 is 6.01. The molecule has 0 aliphatic heterocycles. The van der Waals surface area contributed by atoms with Crippen LogP contribution in [0.5, 0.6) is 0 Å². The number of halogens is 1. The van der Waals surface area contributed by atoms with Gasteiger partial charge in [-0.05, 0) is 47.2 Å².